The monoisotopic (exact) mass is 227 g/mol. The van der Waals surface area contributed by atoms with Gasteiger partial charge in [0.15, 0.2) is 0 Å². The van der Waals surface area contributed by atoms with Crippen molar-refractivity contribution in [2.45, 2.75) is 39.0 Å². The van der Waals surface area contributed by atoms with Crippen LogP contribution in [0.1, 0.15) is 30.9 Å². The zero-order valence-electron chi connectivity index (χ0n) is 9.34. The van der Waals surface area contributed by atoms with E-state index in [1.54, 1.807) is 12.1 Å². The number of hydrogen-bond donors (Lipinski definition) is 1. The third-order valence-electron chi connectivity index (χ3n) is 3.19. The van der Waals surface area contributed by atoms with E-state index in [4.69, 9.17) is 0 Å². The molecule has 0 saturated heterocycles. The second-order valence-electron chi connectivity index (χ2n) is 4.20. The Balaban J connectivity index is 2.26. The van der Waals surface area contributed by atoms with Crippen LogP contribution in [0, 0.1) is 0 Å². The van der Waals surface area contributed by atoms with Crippen LogP contribution in [-0.2, 0) is 6.54 Å². The first-order chi connectivity index (χ1) is 7.58. The molecule has 1 aromatic rings. The maximum Gasteiger partial charge on any atom is 0.387 e. The number of alkyl halides is 2. The molecule has 2 atom stereocenters. The third kappa shape index (κ3) is 2.16. The SMILES string of the molecule is CC1NCc2cc(OC(F)F)ccc2C1C. The van der Waals surface area contributed by atoms with Gasteiger partial charge in [-0.3, -0.25) is 0 Å². The Kier molecular flexibility index (Phi) is 3.10. The van der Waals surface area contributed by atoms with Gasteiger partial charge in [0.25, 0.3) is 0 Å². The number of benzene rings is 1. The molecule has 0 saturated carbocycles. The van der Waals surface area contributed by atoms with Crippen molar-refractivity contribution in [3.8, 4) is 5.75 Å². The van der Waals surface area contributed by atoms with Crippen molar-refractivity contribution in [1.29, 1.82) is 0 Å². The Labute approximate surface area is 93.6 Å². The molecule has 0 spiro atoms. The van der Waals surface area contributed by atoms with Crippen LogP contribution < -0.4 is 10.1 Å². The standard InChI is InChI=1S/C12H15F2NO/c1-7-8(2)15-6-9-5-10(16-12(13)14)3-4-11(7)9/h3-5,7-8,12,15H,6H2,1-2H3. The van der Waals surface area contributed by atoms with Crippen molar-refractivity contribution >= 4 is 0 Å². The van der Waals surface area contributed by atoms with Gasteiger partial charge in [0.2, 0.25) is 0 Å². The Morgan fingerprint density at radius 1 is 1.38 bits per heavy atom. The average Bonchev–Trinajstić information content (AvgIpc) is 2.23. The molecule has 1 aliphatic rings. The molecule has 1 aliphatic heterocycles. The quantitative estimate of drug-likeness (QED) is 0.838. The molecule has 0 bridgehead atoms. The van der Waals surface area contributed by atoms with Gasteiger partial charge in [0, 0.05) is 12.6 Å². The number of fused-ring (bicyclic) bond motifs is 1. The zero-order valence-corrected chi connectivity index (χ0v) is 9.34. The molecule has 0 radical (unpaired) electrons. The summed E-state index contributed by atoms with van der Waals surface area (Å²) in [5.74, 6) is 0.627. The van der Waals surface area contributed by atoms with Gasteiger partial charge >= 0.3 is 6.61 Å². The second kappa shape index (κ2) is 4.37. The van der Waals surface area contributed by atoms with E-state index in [0.29, 0.717) is 18.5 Å². The van der Waals surface area contributed by atoms with E-state index < -0.39 is 6.61 Å². The third-order valence-corrected chi connectivity index (χ3v) is 3.19. The molecule has 0 fully saturated rings. The molecule has 2 unspecified atom stereocenters. The normalized spacial score (nSPS) is 24.3. The lowest BCUT2D eigenvalue weighted by Crippen LogP contribution is -2.35. The molecule has 1 N–H and O–H groups in total. The van der Waals surface area contributed by atoms with Crippen molar-refractivity contribution in [2.24, 2.45) is 0 Å². The van der Waals surface area contributed by atoms with Gasteiger partial charge in [-0.1, -0.05) is 13.0 Å². The van der Waals surface area contributed by atoms with E-state index in [9.17, 15) is 8.78 Å². The molecule has 4 heteroatoms. The fourth-order valence-electron chi connectivity index (χ4n) is 2.07. The summed E-state index contributed by atoms with van der Waals surface area (Å²) in [5.41, 5.74) is 2.26. The van der Waals surface area contributed by atoms with Crippen molar-refractivity contribution in [3.63, 3.8) is 0 Å². The first-order valence-electron chi connectivity index (χ1n) is 5.39. The Hall–Kier alpha value is -1.16. The minimum Gasteiger partial charge on any atom is -0.435 e. The average molecular weight is 227 g/mol. The smallest absolute Gasteiger partial charge is 0.387 e. The number of hydrogen-bond acceptors (Lipinski definition) is 2. The van der Waals surface area contributed by atoms with Crippen LogP contribution >= 0.6 is 0 Å². The topological polar surface area (TPSA) is 21.3 Å². The van der Waals surface area contributed by atoms with Crippen LogP contribution in [0.5, 0.6) is 5.75 Å². The minimum absolute atomic E-state index is 0.234. The van der Waals surface area contributed by atoms with Gasteiger partial charge in [-0.2, -0.15) is 8.78 Å². The first-order valence-corrected chi connectivity index (χ1v) is 5.39. The summed E-state index contributed by atoms with van der Waals surface area (Å²) in [4.78, 5) is 0. The van der Waals surface area contributed by atoms with Gasteiger partial charge in [0.05, 0.1) is 0 Å². The highest BCUT2D eigenvalue weighted by molar-refractivity contribution is 5.39. The van der Waals surface area contributed by atoms with E-state index in [1.165, 1.54) is 5.56 Å². The second-order valence-corrected chi connectivity index (χ2v) is 4.20. The van der Waals surface area contributed by atoms with Gasteiger partial charge in [0.1, 0.15) is 5.75 Å². The molecule has 16 heavy (non-hydrogen) atoms. The molecule has 1 aromatic carbocycles. The van der Waals surface area contributed by atoms with Gasteiger partial charge < -0.3 is 10.1 Å². The van der Waals surface area contributed by atoms with E-state index in [0.717, 1.165) is 5.56 Å². The van der Waals surface area contributed by atoms with Crippen LogP contribution in [-0.4, -0.2) is 12.7 Å². The lowest BCUT2D eigenvalue weighted by Gasteiger charge is -2.30. The minimum atomic E-state index is -2.76. The number of ether oxygens (including phenoxy) is 1. The summed E-state index contributed by atoms with van der Waals surface area (Å²) in [6.07, 6.45) is 0. The summed E-state index contributed by atoms with van der Waals surface area (Å²) in [5, 5.41) is 3.33. The molecule has 88 valence electrons. The summed E-state index contributed by atoms with van der Waals surface area (Å²) in [7, 11) is 0. The molecular weight excluding hydrogens is 212 g/mol. The summed E-state index contributed by atoms with van der Waals surface area (Å²) >= 11 is 0. The van der Waals surface area contributed by atoms with Crippen molar-refractivity contribution in [1.82, 2.24) is 5.32 Å². The number of rotatable bonds is 2. The molecule has 0 amide bonds. The molecule has 2 rings (SSSR count). The highest BCUT2D eigenvalue weighted by Crippen LogP contribution is 2.30. The Bertz CT molecular complexity index is 381. The number of halogens is 2. The van der Waals surface area contributed by atoms with Gasteiger partial charge in [-0.05, 0) is 36.1 Å². The van der Waals surface area contributed by atoms with Crippen LogP contribution in [0.25, 0.3) is 0 Å². The zero-order chi connectivity index (χ0) is 11.7. The lowest BCUT2D eigenvalue weighted by molar-refractivity contribution is -0.0499. The Morgan fingerprint density at radius 2 is 2.12 bits per heavy atom. The van der Waals surface area contributed by atoms with Crippen molar-refractivity contribution < 1.29 is 13.5 Å². The lowest BCUT2D eigenvalue weighted by atomic mass is 9.87. The highest BCUT2D eigenvalue weighted by atomic mass is 19.3. The van der Waals surface area contributed by atoms with Gasteiger partial charge in [-0.25, -0.2) is 0 Å². The van der Waals surface area contributed by atoms with Crippen molar-refractivity contribution in [3.05, 3.63) is 29.3 Å². The predicted octanol–water partition coefficient (Wildman–Crippen LogP) is 2.88. The first kappa shape index (κ1) is 11.3. The van der Waals surface area contributed by atoms with Crippen LogP contribution in [0.2, 0.25) is 0 Å². The van der Waals surface area contributed by atoms with E-state index in [-0.39, 0.29) is 5.75 Å². The summed E-state index contributed by atoms with van der Waals surface area (Å²) < 4.78 is 28.5. The van der Waals surface area contributed by atoms with Crippen LogP contribution in [0.3, 0.4) is 0 Å². The maximum absolute atomic E-state index is 12.1. The molecule has 1 heterocycles. The molecular formula is C12H15F2NO. The maximum atomic E-state index is 12.1. The molecule has 0 aromatic heterocycles. The number of nitrogens with one attached hydrogen (secondary N) is 1. The largest absolute Gasteiger partial charge is 0.435 e. The Morgan fingerprint density at radius 3 is 2.81 bits per heavy atom. The molecule has 2 nitrogen and oxygen atoms in total. The predicted molar refractivity (Wildman–Crippen MR) is 57.8 cm³/mol. The van der Waals surface area contributed by atoms with E-state index >= 15 is 0 Å². The summed E-state index contributed by atoms with van der Waals surface area (Å²) in [6.45, 7) is 2.20. The van der Waals surface area contributed by atoms with E-state index in [2.05, 4.69) is 23.9 Å². The van der Waals surface area contributed by atoms with Crippen LogP contribution in [0.4, 0.5) is 8.78 Å². The molecule has 0 aliphatic carbocycles. The van der Waals surface area contributed by atoms with Crippen LogP contribution in [0.15, 0.2) is 18.2 Å². The van der Waals surface area contributed by atoms with E-state index in [1.807, 2.05) is 6.07 Å². The van der Waals surface area contributed by atoms with Gasteiger partial charge in [-0.15, -0.1) is 0 Å². The highest BCUT2D eigenvalue weighted by Gasteiger charge is 2.22. The fraction of sp³-hybridized carbons (Fsp3) is 0.500. The fourth-order valence-corrected chi connectivity index (χ4v) is 2.07. The van der Waals surface area contributed by atoms with Crippen molar-refractivity contribution in [2.75, 3.05) is 0 Å². The summed E-state index contributed by atoms with van der Waals surface area (Å²) in [6, 6.07) is 5.60.